The highest BCUT2D eigenvalue weighted by atomic mass is 16.2. The molecular weight excluding hydrogens is 242 g/mol. The molecule has 0 aromatic rings. The molecule has 0 aromatic heterocycles. The van der Waals surface area contributed by atoms with Crippen molar-refractivity contribution in [3.8, 4) is 0 Å². The van der Waals surface area contributed by atoms with Gasteiger partial charge >= 0.3 is 0 Å². The van der Waals surface area contributed by atoms with Gasteiger partial charge in [-0.15, -0.1) is 0 Å². The highest BCUT2D eigenvalue weighted by Gasteiger charge is 2.32. The highest BCUT2D eigenvalue weighted by molar-refractivity contribution is 5.78. The smallest absolute Gasteiger partial charge is 0.224 e. The largest absolute Gasteiger partial charge is 0.339 e. The first-order chi connectivity index (χ1) is 9.00. The number of carbonyl (C=O) groups excluding carboxylic acids is 2. The van der Waals surface area contributed by atoms with E-state index in [9.17, 15) is 9.59 Å². The van der Waals surface area contributed by atoms with Crippen LogP contribution in [0.3, 0.4) is 0 Å². The van der Waals surface area contributed by atoms with Crippen molar-refractivity contribution >= 4 is 11.8 Å². The monoisotopic (exact) mass is 267 g/mol. The Morgan fingerprint density at radius 3 is 2.05 bits per heavy atom. The lowest BCUT2D eigenvalue weighted by atomic mass is 9.80. The third-order valence-electron chi connectivity index (χ3n) is 4.43. The van der Waals surface area contributed by atoms with Crippen LogP contribution in [0.1, 0.15) is 45.4 Å². The molecule has 2 aliphatic rings. The molecule has 2 amide bonds. The van der Waals surface area contributed by atoms with Crippen LogP contribution in [0.2, 0.25) is 0 Å². The molecule has 2 N–H and O–H groups in total. The number of nitrogens with zero attached hydrogens (tertiary/aromatic N) is 2. The van der Waals surface area contributed by atoms with Crippen LogP contribution in [-0.2, 0) is 9.59 Å². The first-order valence-electron chi connectivity index (χ1n) is 7.32. The number of hydrogen-bond donors (Lipinski definition) is 1. The number of hydrogen-bond acceptors (Lipinski definition) is 3. The predicted molar refractivity (Wildman–Crippen MR) is 73.5 cm³/mol. The van der Waals surface area contributed by atoms with Crippen LogP contribution < -0.4 is 5.73 Å². The molecule has 1 aliphatic carbocycles. The fraction of sp³-hybridized carbons (Fsp3) is 0.857. The number of amides is 2. The molecule has 5 heteroatoms. The van der Waals surface area contributed by atoms with E-state index in [0.717, 1.165) is 25.7 Å². The lowest BCUT2D eigenvalue weighted by Crippen LogP contribution is -2.53. The van der Waals surface area contributed by atoms with Crippen LogP contribution in [0.5, 0.6) is 0 Å². The van der Waals surface area contributed by atoms with Crippen molar-refractivity contribution in [1.29, 1.82) is 0 Å². The maximum Gasteiger partial charge on any atom is 0.224 e. The Balaban J connectivity index is 1.82. The van der Waals surface area contributed by atoms with Gasteiger partial charge in [0.1, 0.15) is 0 Å². The molecule has 0 bridgehead atoms. The fourth-order valence-electron chi connectivity index (χ4n) is 3.12. The summed E-state index contributed by atoms with van der Waals surface area (Å²) in [5, 5.41) is 0. The van der Waals surface area contributed by atoms with E-state index in [2.05, 4.69) is 0 Å². The van der Waals surface area contributed by atoms with E-state index in [-0.39, 0.29) is 17.4 Å². The summed E-state index contributed by atoms with van der Waals surface area (Å²) in [4.78, 5) is 27.2. The molecular formula is C14H25N3O2. The Morgan fingerprint density at radius 1 is 1.00 bits per heavy atom. The molecule has 108 valence electrons. The van der Waals surface area contributed by atoms with Crippen molar-refractivity contribution < 1.29 is 9.59 Å². The summed E-state index contributed by atoms with van der Waals surface area (Å²) in [6.45, 7) is 4.18. The first-order valence-corrected chi connectivity index (χ1v) is 7.32. The van der Waals surface area contributed by atoms with Gasteiger partial charge in [0.2, 0.25) is 11.8 Å². The Labute approximate surface area is 115 Å². The first kappa shape index (κ1) is 14.3. The van der Waals surface area contributed by atoms with Crippen LogP contribution >= 0.6 is 0 Å². The molecule has 1 heterocycles. The zero-order valence-electron chi connectivity index (χ0n) is 11.9. The molecule has 19 heavy (non-hydrogen) atoms. The lowest BCUT2D eigenvalue weighted by molar-refractivity contribution is -0.139. The van der Waals surface area contributed by atoms with Gasteiger partial charge in [-0.25, -0.2) is 0 Å². The van der Waals surface area contributed by atoms with E-state index in [1.807, 2.05) is 4.90 Å². The average Bonchev–Trinajstić information content (AvgIpc) is 2.39. The second kappa shape index (κ2) is 5.90. The Kier molecular flexibility index (Phi) is 4.45. The third kappa shape index (κ3) is 3.69. The minimum absolute atomic E-state index is 0.0923. The predicted octanol–water partition coefficient (Wildman–Crippen LogP) is 0.729. The van der Waals surface area contributed by atoms with Gasteiger partial charge in [-0.3, -0.25) is 9.59 Å². The molecule has 0 atom stereocenters. The third-order valence-corrected chi connectivity index (χ3v) is 4.43. The van der Waals surface area contributed by atoms with Crippen LogP contribution in [-0.4, -0.2) is 53.3 Å². The SMILES string of the molecule is CC(=O)N1CCN(C(=O)CC2(N)CCCCC2)CC1. The van der Waals surface area contributed by atoms with Gasteiger partial charge < -0.3 is 15.5 Å². The lowest BCUT2D eigenvalue weighted by Gasteiger charge is -2.38. The number of rotatable bonds is 2. The van der Waals surface area contributed by atoms with Gasteiger partial charge in [0.25, 0.3) is 0 Å². The summed E-state index contributed by atoms with van der Waals surface area (Å²) >= 11 is 0. The van der Waals surface area contributed by atoms with E-state index in [1.165, 1.54) is 6.42 Å². The summed E-state index contributed by atoms with van der Waals surface area (Å²) in [6.07, 6.45) is 5.92. The Hall–Kier alpha value is -1.10. The Morgan fingerprint density at radius 2 is 1.53 bits per heavy atom. The van der Waals surface area contributed by atoms with Crippen molar-refractivity contribution in [2.24, 2.45) is 5.73 Å². The zero-order valence-corrected chi connectivity index (χ0v) is 11.9. The second-order valence-electron chi connectivity index (χ2n) is 5.99. The number of piperazine rings is 1. The molecule has 5 nitrogen and oxygen atoms in total. The van der Waals surface area contributed by atoms with E-state index < -0.39 is 0 Å². The maximum atomic E-state index is 12.3. The van der Waals surface area contributed by atoms with Crippen molar-refractivity contribution in [1.82, 2.24) is 9.80 Å². The Bertz CT molecular complexity index is 343. The minimum Gasteiger partial charge on any atom is -0.339 e. The molecule has 2 fully saturated rings. The summed E-state index contributed by atoms with van der Waals surface area (Å²) in [6, 6.07) is 0. The topological polar surface area (TPSA) is 66.6 Å². The van der Waals surface area contributed by atoms with Gasteiger partial charge in [0, 0.05) is 45.1 Å². The van der Waals surface area contributed by atoms with Crippen LogP contribution in [0, 0.1) is 0 Å². The van der Waals surface area contributed by atoms with Gasteiger partial charge in [-0.1, -0.05) is 19.3 Å². The van der Waals surface area contributed by atoms with E-state index in [1.54, 1.807) is 11.8 Å². The normalized spacial score (nSPS) is 23.3. The molecule has 1 aliphatic heterocycles. The zero-order chi connectivity index (χ0) is 13.9. The summed E-state index contributed by atoms with van der Waals surface area (Å²) in [5.41, 5.74) is 6.05. The van der Waals surface area contributed by atoms with Crippen LogP contribution in [0.4, 0.5) is 0 Å². The maximum absolute atomic E-state index is 12.3. The van der Waals surface area contributed by atoms with E-state index in [0.29, 0.717) is 32.6 Å². The number of nitrogens with two attached hydrogens (primary N) is 1. The van der Waals surface area contributed by atoms with E-state index >= 15 is 0 Å². The van der Waals surface area contributed by atoms with Gasteiger partial charge in [0.15, 0.2) is 0 Å². The van der Waals surface area contributed by atoms with Crippen molar-refractivity contribution in [3.05, 3.63) is 0 Å². The fourth-order valence-corrected chi connectivity index (χ4v) is 3.12. The van der Waals surface area contributed by atoms with E-state index in [4.69, 9.17) is 5.73 Å². The quantitative estimate of drug-likeness (QED) is 0.802. The molecule has 2 rings (SSSR count). The minimum atomic E-state index is -0.285. The van der Waals surface area contributed by atoms with Crippen molar-refractivity contribution in [2.45, 2.75) is 51.0 Å². The van der Waals surface area contributed by atoms with Gasteiger partial charge in [-0.2, -0.15) is 0 Å². The van der Waals surface area contributed by atoms with Crippen LogP contribution in [0.15, 0.2) is 0 Å². The van der Waals surface area contributed by atoms with Crippen molar-refractivity contribution in [3.63, 3.8) is 0 Å². The van der Waals surface area contributed by atoms with Gasteiger partial charge in [0.05, 0.1) is 0 Å². The summed E-state index contributed by atoms with van der Waals surface area (Å²) in [7, 11) is 0. The van der Waals surface area contributed by atoms with Crippen molar-refractivity contribution in [2.75, 3.05) is 26.2 Å². The van der Waals surface area contributed by atoms with Crippen LogP contribution in [0.25, 0.3) is 0 Å². The highest BCUT2D eigenvalue weighted by Crippen LogP contribution is 2.29. The summed E-state index contributed by atoms with van der Waals surface area (Å²) < 4.78 is 0. The standard InChI is InChI=1S/C14H25N3O2/c1-12(18)16-7-9-17(10-8-16)13(19)11-14(15)5-3-2-4-6-14/h2-11,15H2,1H3. The van der Waals surface area contributed by atoms with Gasteiger partial charge in [-0.05, 0) is 12.8 Å². The molecule has 1 saturated heterocycles. The number of carbonyl (C=O) groups is 2. The summed E-state index contributed by atoms with van der Waals surface area (Å²) in [5.74, 6) is 0.252. The molecule has 0 unspecified atom stereocenters. The molecule has 1 saturated carbocycles. The molecule has 0 aromatic carbocycles. The molecule has 0 radical (unpaired) electrons. The average molecular weight is 267 g/mol. The second-order valence-corrected chi connectivity index (χ2v) is 5.99. The molecule has 0 spiro atoms.